The summed E-state index contributed by atoms with van der Waals surface area (Å²) in [5, 5.41) is 23.6. The van der Waals surface area contributed by atoms with Crippen LogP contribution in [0.2, 0.25) is 0 Å². The second-order valence-corrected chi connectivity index (χ2v) is 8.25. The normalized spacial score (nSPS) is 12.0. The Bertz CT molecular complexity index is 1310. The number of H-pyrrole nitrogens is 1. The number of hydrogen-bond donors (Lipinski definition) is 2. The van der Waals surface area contributed by atoms with E-state index >= 15 is 0 Å². The van der Waals surface area contributed by atoms with Gasteiger partial charge in [-0.25, -0.2) is 0 Å². The molecule has 2 N–H and O–H groups in total. The summed E-state index contributed by atoms with van der Waals surface area (Å²) in [6.45, 7) is 6.32. The van der Waals surface area contributed by atoms with Gasteiger partial charge in [0.05, 0.1) is 16.8 Å². The molecule has 5 aromatic rings. The minimum atomic E-state index is -0.204. The van der Waals surface area contributed by atoms with Gasteiger partial charge in [-0.05, 0) is 24.3 Å². The molecule has 0 saturated heterocycles. The van der Waals surface area contributed by atoms with Crippen LogP contribution in [-0.4, -0.2) is 30.0 Å². The van der Waals surface area contributed by atoms with Crippen molar-refractivity contribution in [2.45, 2.75) is 26.2 Å². The summed E-state index contributed by atoms with van der Waals surface area (Å²) in [7, 11) is 0. The molecule has 0 aliphatic heterocycles. The summed E-state index contributed by atoms with van der Waals surface area (Å²) in [6.07, 6.45) is 5.08. The zero-order valence-corrected chi connectivity index (χ0v) is 16.9. The molecule has 0 unspecified atom stereocenters. The largest absolute Gasteiger partial charge is 0.493 e. The highest BCUT2D eigenvalue weighted by atomic mass is 16.5. The maximum Gasteiger partial charge on any atom is 0.222 e. The van der Waals surface area contributed by atoms with Gasteiger partial charge in [-0.1, -0.05) is 38.1 Å². The standard InChI is InChI=1S/C23H21N5O2/c1-23(2,3)21-18-19(25-26-21)22(29)28(20(18)15-5-4-11-24-13-15)16-8-6-14(7-9-16)17-10-12-30-27-17/h4-13,25,29H,1-3H3. The van der Waals surface area contributed by atoms with Gasteiger partial charge in [-0.3, -0.25) is 14.6 Å². The van der Waals surface area contributed by atoms with Crippen molar-refractivity contribution in [3.8, 4) is 34.1 Å². The van der Waals surface area contributed by atoms with Crippen LogP contribution in [0.15, 0.2) is 65.6 Å². The summed E-state index contributed by atoms with van der Waals surface area (Å²) in [5.74, 6) is 0.112. The van der Waals surface area contributed by atoms with E-state index in [-0.39, 0.29) is 11.3 Å². The van der Waals surface area contributed by atoms with Gasteiger partial charge in [0.15, 0.2) is 0 Å². The van der Waals surface area contributed by atoms with Crippen molar-refractivity contribution in [1.82, 2.24) is 24.9 Å². The highest BCUT2D eigenvalue weighted by Crippen LogP contribution is 2.43. The number of aromatic hydroxyl groups is 1. The van der Waals surface area contributed by atoms with E-state index in [9.17, 15) is 5.11 Å². The van der Waals surface area contributed by atoms with E-state index in [0.29, 0.717) is 5.52 Å². The molecule has 0 atom stereocenters. The molecule has 0 saturated carbocycles. The van der Waals surface area contributed by atoms with Gasteiger partial charge >= 0.3 is 0 Å². The van der Waals surface area contributed by atoms with Crippen molar-refractivity contribution in [1.29, 1.82) is 0 Å². The van der Waals surface area contributed by atoms with E-state index in [0.717, 1.165) is 39.3 Å². The summed E-state index contributed by atoms with van der Waals surface area (Å²) in [6, 6.07) is 13.5. The lowest BCUT2D eigenvalue weighted by atomic mass is 9.89. The van der Waals surface area contributed by atoms with E-state index in [4.69, 9.17) is 4.52 Å². The maximum absolute atomic E-state index is 11.2. The molecule has 1 aromatic carbocycles. The fourth-order valence-electron chi connectivity index (χ4n) is 3.78. The number of nitrogens with one attached hydrogen (secondary N) is 1. The third-order valence-electron chi connectivity index (χ3n) is 5.17. The van der Waals surface area contributed by atoms with Crippen LogP contribution in [0, 0.1) is 0 Å². The van der Waals surface area contributed by atoms with Gasteiger partial charge in [0.2, 0.25) is 5.88 Å². The fraction of sp³-hybridized carbons (Fsp3) is 0.174. The van der Waals surface area contributed by atoms with Gasteiger partial charge in [0, 0.05) is 40.7 Å². The molecule has 0 bridgehead atoms. The summed E-state index contributed by atoms with van der Waals surface area (Å²) in [4.78, 5) is 4.29. The number of nitrogens with zero attached hydrogens (tertiary/aromatic N) is 4. The van der Waals surface area contributed by atoms with Crippen LogP contribution in [0.1, 0.15) is 26.5 Å². The predicted molar refractivity (Wildman–Crippen MR) is 115 cm³/mol. The van der Waals surface area contributed by atoms with E-state index in [1.165, 1.54) is 0 Å². The van der Waals surface area contributed by atoms with Crippen molar-refractivity contribution < 1.29 is 9.63 Å². The van der Waals surface area contributed by atoms with Crippen LogP contribution >= 0.6 is 0 Å². The van der Waals surface area contributed by atoms with E-state index < -0.39 is 0 Å². The Balaban J connectivity index is 1.78. The molecule has 150 valence electrons. The van der Waals surface area contributed by atoms with Crippen LogP contribution in [0.5, 0.6) is 5.88 Å². The number of benzene rings is 1. The van der Waals surface area contributed by atoms with Crippen LogP contribution in [-0.2, 0) is 5.41 Å². The Kier molecular flexibility index (Phi) is 3.99. The number of pyridine rings is 1. The monoisotopic (exact) mass is 399 g/mol. The highest BCUT2D eigenvalue weighted by Gasteiger charge is 2.29. The smallest absolute Gasteiger partial charge is 0.222 e. The molecule has 0 amide bonds. The first-order valence-corrected chi connectivity index (χ1v) is 9.69. The second-order valence-electron chi connectivity index (χ2n) is 8.25. The summed E-state index contributed by atoms with van der Waals surface area (Å²) >= 11 is 0. The summed E-state index contributed by atoms with van der Waals surface area (Å²) < 4.78 is 6.78. The van der Waals surface area contributed by atoms with Gasteiger partial charge in [-0.15, -0.1) is 0 Å². The Morgan fingerprint density at radius 3 is 2.47 bits per heavy atom. The molecular weight excluding hydrogens is 378 g/mol. The number of fused-ring (bicyclic) bond motifs is 1. The van der Waals surface area contributed by atoms with Crippen LogP contribution in [0.3, 0.4) is 0 Å². The average Bonchev–Trinajstić information content (AvgIpc) is 3.46. The topological polar surface area (TPSA) is 92.8 Å². The number of aromatic amines is 1. The minimum absolute atomic E-state index is 0.112. The minimum Gasteiger partial charge on any atom is -0.493 e. The lowest BCUT2D eigenvalue weighted by Crippen LogP contribution is -2.12. The molecule has 4 heterocycles. The number of hydrogen-bond acceptors (Lipinski definition) is 5. The van der Waals surface area contributed by atoms with Crippen molar-refractivity contribution in [2.75, 3.05) is 0 Å². The first-order valence-electron chi connectivity index (χ1n) is 9.69. The molecule has 0 aliphatic rings. The predicted octanol–water partition coefficient (Wildman–Crippen LogP) is 5.07. The zero-order valence-electron chi connectivity index (χ0n) is 16.9. The van der Waals surface area contributed by atoms with Crippen LogP contribution in [0.4, 0.5) is 0 Å². The molecule has 0 fully saturated rings. The van der Waals surface area contributed by atoms with Crippen molar-refractivity contribution in [3.63, 3.8) is 0 Å². The lowest BCUT2D eigenvalue weighted by molar-refractivity contribution is 0.422. The molecule has 7 heteroatoms. The van der Waals surface area contributed by atoms with Crippen molar-refractivity contribution in [2.24, 2.45) is 0 Å². The SMILES string of the molecule is CC(C)(C)c1n[nH]c2c(O)n(-c3ccc(-c4ccon4)cc3)c(-c3cccnc3)c12. The Labute approximate surface area is 173 Å². The maximum atomic E-state index is 11.2. The van der Waals surface area contributed by atoms with Gasteiger partial charge in [0.25, 0.3) is 0 Å². The van der Waals surface area contributed by atoms with E-state index in [1.807, 2.05) is 47.0 Å². The van der Waals surface area contributed by atoms with Crippen LogP contribution < -0.4 is 0 Å². The van der Waals surface area contributed by atoms with E-state index in [2.05, 4.69) is 41.1 Å². The second kappa shape index (κ2) is 6.59. The first kappa shape index (κ1) is 18.2. The van der Waals surface area contributed by atoms with E-state index in [1.54, 1.807) is 18.7 Å². The number of rotatable bonds is 3. The first-order chi connectivity index (χ1) is 14.4. The average molecular weight is 399 g/mol. The third kappa shape index (κ3) is 2.78. The number of aromatic nitrogens is 5. The van der Waals surface area contributed by atoms with Gasteiger partial charge in [0.1, 0.15) is 17.5 Å². The highest BCUT2D eigenvalue weighted by molar-refractivity contribution is 6.01. The third-order valence-corrected chi connectivity index (χ3v) is 5.17. The molecule has 5 rings (SSSR count). The molecule has 7 nitrogen and oxygen atoms in total. The molecule has 4 aromatic heterocycles. The van der Waals surface area contributed by atoms with Gasteiger partial charge < -0.3 is 9.63 Å². The molecular formula is C23H21N5O2. The summed E-state index contributed by atoms with van der Waals surface area (Å²) in [5.41, 5.74) is 5.57. The van der Waals surface area contributed by atoms with Crippen molar-refractivity contribution >= 4 is 10.9 Å². The molecule has 30 heavy (non-hydrogen) atoms. The Morgan fingerprint density at radius 2 is 1.83 bits per heavy atom. The van der Waals surface area contributed by atoms with Crippen molar-refractivity contribution in [3.05, 3.63) is 66.8 Å². The van der Waals surface area contributed by atoms with Crippen LogP contribution in [0.25, 0.3) is 39.1 Å². The Hall–Kier alpha value is -3.87. The molecule has 0 spiro atoms. The molecule has 0 radical (unpaired) electrons. The zero-order chi connectivity index (χ0) is 20.9. The Morgan fingerprint density at radius 1 is 1.03 bits per heavy atom. The lowest BCUT2D eigenvalue weighted by Gasteiger charge is -2.17. The quantitative estimate of drug-likeness (QED) is 0.442. The molecule has 0 aliphatic carbocycles. The fourth-order valence-corrected chi connectivity index (χ4v) is 3.78. The van der Waals surface area contributed by atoms with Gasteiger partial charge in [-0.2, -0.15) is 5.10 Å².